The molecule has 3 aromatic heterocycles. The van der Waals surface area contributed by atoms with E-state index in [0.717, 1.165) is 46.4 Å². The van der Waals surface area contributed by atoms with Crippen LogP contribution in [0.3, 0.4) is 0 Å². The zero-order valence-electron chi connectivity index (χ0n) is 20.8. The second-order valence-corrected chi connectivity index (χ2v) is 9.12. The standard InChI is InChI=1S/C29H26N6O3/c1-19-3-2-4-24(13-19)38-27-8-6-22(17-31-27)32-29(36)28-25-15-20(5-7-26(25)33-34-28)21-14-23(18-30-16-21)35-9-11-37-12-10-35/h2-8,13-18H,9-12H2,1H3,(H,32,36)(H,33,34). The van der Waals surface area contributed by atoms with Gasteiger partial charge in [0, 0.05) is 36.3 Å². The van der Waals surface area contributed by atoms with Gasteiger partial charge < -0.3 is 19.7 Å². The largest absolute Gasteiger partial charge is 0.439 e. The molecule has 1 fully saturated rings. The van der Waals surface area contributed by atoms with Crippen LogP contribution in [0.4, 0.5) is 11.4 Å². The van der Waals surface area contributed by atoms with Gasteiger partial charge in [-0.1, -0.05) is 18.2 Å². The highest BCUT2D eigenvalue weighted by Crippen LogP contribution is 2.28. The van der Waals surface area contributed by atoms with Crippen LogP contribution in [-0.2, 0) is 4.74 Å². The van der Waals surface area contributed by atoms with E-state index in [9.17, 15) is 4.79 Å². The Morgan fingerprint density at radius 3 is 2.71 bits per heavy atom. The zero-order chi connectivity index (χ0) is 25.9. The number of nitrogens with zero attached hydrogens (tertiary/aromatic N) is 4. The van der Waals surface area contributed by atoms with E-state index in [-0.39, 0.29) is 5.91 Å². The summed E-state index contributed by atoms with van der Waals surface area (Å²) in [5.74, 6) is 0.817. The predicted molar refractivity (Wildman–Crippen MR) is 146 cm³/mol. The maximum absolute atomic E-state index is 13.1. The summed E-state index contributed by atoms with van der Waals surface area (Å²) in [4.78, 5) is 24.2. The number of aromatic nitrogens is 4. The van der Waals surface area contributed by atoms with Crippen molar-refractivity contribution in [3.05, 3.63) is 90.5 Å². The smallest absolute Gasteiger partial charge is 0.276 e. The minimum Gasteiger partial charge on any atom is -0.439 e. The molecule has 0 atom stereocenters. The minimum absolute atomic E-state index is 0.305. The second kappa shape index (κ2) is 10.3. The van der Waals surface area contributed by atoms with Crippen molar-refractivity contribution in [2.75, 3.05) is 36.5 Å². The van der Waals surface area contributed by atoms with Gasteiger partial charge in [-0.05, 0) is 54.4 Å². The summed E-state index contributed by atoms with van der Waals surface area (Å²) >= 11 is 0. The molecular formula is C29H26N6O3. The van der Waals surface area contributed by atoms with Gasteiger partial charge in [0.2, 0.25) is 5.88 Å². The first-order valence-corrected chi connectivity index (χ1v) is 12.4. The third-order valence-corrected chi connectivity index (χ3v) is 6.42. The molecule has 6 rings (SSSR count). The molecule has 1 aliphatic heterocycles. The van der Waals surface area contributed by atoms with Crippen molar-refractivity contribution < 1.29 is 14.3 Å². The average molecular weight is 507 g/mol. The third-order valence-electron chi connectivity index (χ3n) is 6.42. The fourth-order valence-electron chi connectivity index (χ4n) is 4.45. The van der Waals surface area contributed by atoms with E-state index < -0.39 is 0 Å². The fraction of sp³-hybridized carbons (Fsp3) is 0.172. The van der Waals surface area contributed by atoms with Crippen LogP contribution in [0, 0.1) is 6.92 Å². The number of carbonyl (C=O) groups excluding carboxylic acids is 1. The van der Waals surface area contributed by atoms with Crippen LogP contribution in [0.15, 0.2) is 79.3 Å². The lowest BCUT2D eigenvalue weighted by molar-refractivity contribution is 0.102. The quantitative estimate of drug-likeness (QED) is 0.326. The van der Waals surface area contributed by atoms with Gasteiger partial charge in [-0.3, -0.25) is 14.9 Å². The second-order valence-electron chi connectivity index (χ2n) is 9.12. The maximum Gasteiger partial charge on any atom is 0.276 e. The molecule has 0 bridgehead atoms. The summed E-state index contributed by atoms with van der Waals surface area (Å²) < 4.78 is 11.3. The Kier molecular flexibility index (Phi) is 6.41. The van der Waals surface area contributed by atoms with Crippen LogP contribution in [0.2, 0.25) is 0 Å². The molecule has 1 aliphatic rings. The van der Waals surface area contributed by atoms with Crippen LogP contribution in [0.5, 0.6) is 11.6 Å². The molecule has 5 aromatic rings. The third kappa shape index (κ3) is 5.05. The Morgan fingerprint density at radius 2 is 1.89 bits per heavy atom. The van der Waals surface area contributed by atoms with E-state index in [1.165, 1.54) is 0 Å². The normalized spacial score (nSPS) is 13.4. The highest BCUT2D eigenvalue weighted by Gasteiger charge is 2.17. The van der Waals surface area contributed by atoms with Gasteiger partial charge in [0.25, 0.3) is 5.91 Å². The molecule has 9 nitrogen and oxygen atoms in total. The Hall–Kier alpha value is -4.76. The molecule has 0 saturated carbocycles. The molecule has 9 heteroatoms. The first kappa shape index (κ1) is 23.6. The van der Waals surface area contributed by atoms with E-state index >= 15 is 0 Å². The van der Waals surface area contributed by atoms with Crippen molar-refractivity contribution in [3.63, 3.8) is 0 Å². The van der Waals surface area contributed by atoms with Crippen LogP contribution in [-0.4, -0.2) is 52.4 Å². The predicted octanol–water partition coefficient (Wildman–Crippen LogP) is 5.21. The number of aromatic amines is 1. The summed E-state index contributed by atoms with van der Waals surface area (Å²) in [5.41, 5.74) is 5.70. The number of carbonyl (C=O) groups is 1. The van der Waals surface area contributed by atoms with Gasteiger partial charge in [-0.15, -0.1) is 0 Å². The number of ether oxygens (including phenoxy) is 2. The first-order valence-electron chi connectivity index (χ1n) is 12.4. The van der Waals surface area contributed by atoms with Crippen LogP contribution in [0.25, 0.3) is 22.0 Å². The van der Waals surface area contributed by atoms with Gasteiger partial charge in [0.15, 0.2) is 5.69 Å². The lowest BCUT2D eigenvalue weighted by Crippen LogP contribution is -2.36. The number of anilines is 2. The van der Waals surface area contributed by atoms with Crippen molar-refractivity contribution >= 4 is 28.2 Å². The molecule has 4 heterocycles. The molecule has 1 amide bonds. The summed E-state index contributed by atoms with van der Waals surface area (Å²) in [7, 11) is 0. The topological polar surface area (TPSA) is 105 Å². The van der Waals surface area contributed by atoms with E-state index in [2.05, 4.69) is 36.4 Å². The highest BCUT2D eigenvalue weighted by atomic mass is 16.5. The Bertz CT molecular complexity index is 1590. The number of benzene rings is 2. The number of morpholine rings is 1. The van der Waals surface area contributed by atoms with E-state index in [4.69, 9.17) is 9.47 Å². The number of pyridine rings is 2. The number of H-pyrrole nitrogens is 1. The fourth-order valence-corrected chi connectivity index (χ4v) is 4.45. The summed E-state index contributed by atoms with van der Waals surface area (Å²) in [5, 5.41) is 10.8. The number of amides is 1. The van der Waals surface area contributed by atoms with Gasteiger partial charge >= 0.3 is 0 Å². The van der Waals surface area contributed by atoms with Crippen molar-refractivity contribution in [3.8, 4) is 22.8 Å². The molecule has 2 aromatic carbocycles. The average Bonchev–Trinajstić information content (AvgIpc) is 3.38. The number of hydrogen-bond donors (Lipinski definition) is 2. The Morgan fingerprint density at radius 1 is 1.00 bits per heavy atom. The van der Waals surface area contributed by atoms with Gasteiger partial charge in [-0.25, -0.2) is 4.98 Å². The van der Waals surface area contributed by atoms with Gasteiger partial charge in [-0.2, -0.15) is 5.10 Å². The lowest BCUT2D eigenvalue weighted by atomic mass is 10.0. The number of aryl methyl sites for hydroxylation is 1. The molecule has 0 aliphatic carbocycles. The molecule has 38 heavy (non-hydrogen) atoms. The van der Waals surface area contributed by atoms with E-state index in [1.807, 2.05) is 61.8 Å². The number of fused-ring (bicyclic) bond motifs is 1. The first-order chi connectivity index (χ1) is 18.6. The lowest BCUT2D eigenvalue weighted by Gasteiger charge is -2.28. The van der Waals surface area contributed by atoms with Crippen molar-refractivity contribution in [1.29, 1.82) is 0 Å². The van der Waals surface area contributed by atoms with E-state index in [1.54, 1.807) is 18.3 Å². The maximum atomic E-state index is 13.1. The minimum atomic E-state index is -0.331. The van der Waals surface area contributed by atoms with Gasteiger partial charge in [0.1, 0.15) is 5.75 Å². The SMILES string of the molecule is Cc1cccc(Oc2ccc(NC(=O)c3n[nH]c4ccc(-c5cncc(N6CCOCC6)c5)cc34)cn2)c1. The van der Waals surface area contributed by atoms with Crippen molar-refractivity contribution in [2.24, 2.45) is 0 Å². The van der Waals surface area contributed by atoms with Crippen LogP contribution < -0.4 is 15.0 Å². The summed E-state index contributed by atoms with van der Waals surface area (Å²) in [6.07, 6.45) is 5.26. The molecule has 0 spiro atoms. The monoisotopic (exact) mass is 506 g/mol. The molecule has 0 unspecified atom stereocenters. The summed E-state index contributed by atoms with van der Waals surface area (Å²) in [6.45, 7) is 5.09. The van der Waals surface area contributed by atoms with Crippen LogP contribution in [0.1, 0.15) is 16.1 Å². The van der Waals surface area contributed by atoms with Gasteiger partial charge in [0.05, 0.1) is 42.5 Å². The van der Waals surface area contributed by atoms with E-state index in [0.29, 0.717) is 36.2 Å². The number of nitrogens with one attached hydrogen (secondary N) is 2. The Labute approximate surface area is 219 Å². The molecule has 190 valence electrons. The van der Waals surface area contributed by atoms with Crippen LogP contribution >= 0.6 is 0 Å². The van der Waals surface area contributed by atoms with Crippen molar-refractivity contribution in [2.45, 2.75) is 6.92 Å². The zero-order valence-corrected chi connectivity index (χ0v) is 20.8. The number of hydrogen-bond acceptors (Lipinski definition) is 7. The molecule has 0 radical (unpaired) electrons. The molecule has 2 N–H and O–H groups in total. The highest BCUT2D eigenvalue weighted by molar-refractivity contribution is 6.11. The number of rotatable bonds is 6. The molecule has 1 saturated heterocycles. The summed E-state index contributed by atoms with van der Waals surface area (Å²) in [6, 6.07) is 19.2. The Balaban J connectivity index is 1.20. The van der Waals surface area contributed by atoms with Crippen molar-refractivity contribution in [1.82, 2.24) is 20.2 Å². The molecular weight excluding hydrogens is 480 g/mol.